The summed E-state index contributed by atoms with van der Waals surface area (Å²) >= 11 is 0. The fourth-order valence-electron chi connectivity index (χ4n) is 1.29. The summed E-state index contributed by atoms with van der Waals surface area (Å²) in [6.45, 7) is 6.72. The number of hydrogen-bond donors (Lipinski definition) is 1. The van der Waals surface area contributed by atoms with Gasteiger partial charge in [-0.25, -0.2) is 0 Å². The second kappa shape index (κ2) is 4.40. The molecule has 0 aromatic rings. The lowest BCUT2D eigenvalue weighted by molar-refractivity contribution is 0.167. The lowest BCUT2D eigenvalue weighted by Crippen LogP contribution is -2.17. The third-order valence-electron chi connectivity index (χ3n) is 2.21. The van der Waals surface area contributed by atoms with Gasteiger partial charge in [0, 0.05) is 6.42 Å². The van der Waals surface area contributed by atoms with Crippen LogP contribution in [0.2, 0.25) is 6.04 Å². The van der Waals surface area contributed by atoms with Crippen molar-refractivity contribution in [2.75, 3.05) is 0 Å². The van der Waals surface area contributed by atoms with E-state index >= 15 is 0 Å². The number of aliphatic hydroxyl groups excluding tert-OH is 1. The Hall–Kier alpha value is -0.123. The van der Waals surface area contributed by atoms with Gasteiger partial charge in [-0.15, -0.1) is 0 Å². The summed E-state index contributed by atoms with van der Waals surface area (Å²) in [5.41, 5.74) is 0.396. The summed E-state index contributed by atoms with van der Waals surface area (Å²) < 4.78 is 5.74. The fourth-order valence-corrected chi connectivity index (χ4v) is 2.57. The molecule has 0 amide bonds. The quantitative estimate of drug-likeness (QED) is 0.549. The van der Waals surface area contributed by atoms with E-state index in [1.54, 1.807) is 0 Å². The van der Waals surface area contributed by atoms with Crippen molar-refractivity contribution in [1.29, 1.82) is 0 Å². The van der Waals surface area contributed by atoms with E-state index in [1.165, 1.54) is 6.04 Å². The largest absolute Gasteiger partial charge is 0.418 e. The molecule has 1 rings (SSSR count). The third kappa shape index (κ3) is 4.60. The Morgan fingerprint density at radius 1 is 1.46 bits per heavy atom. The van der Waals surface area contributed by atoms with Gasteiger partial charge < -0.3 is 9.53 Å². The van der Waals surface area contributed by atoms with Crippen molar-refractivity contribution < 1.29 is 9.53 Å². The zero-order valence-electron chi connectivity index (χ0n) is 8.79. The van der Waals surface area contributed by atoms with Crippen molar-refractivity contribution in [3.8, 4) is 0 Å². The first-order chi connectivity index (χ1) is 5.97. The molecule has 76 valence electrons. The Morgan fingerprint density at radius 3 is 2.62 bits per heavy atom. The first-order valence-corrected chi connectivity index (χ1v) is 6.53. The van der Waals surface area contributed by atoms with Crippen molar-refractivity contribution >= 4 is 9.76 Å². The van der Waals surface area contributed by atoms with Gasteiger partial charge in [0.25, 0.3) is 0 Å². The predicted octanol–water partition coefficient (Wildman–Crippen LogP) is 1.24. The average molecular weight is 200 g/mol. The molecule has 0 heterocycles. The Kier molecular flexibility index (Phi) is 3.70. The fraction of sp³-hybridized carbons (Fsp3) is 0.800. The monoisotopic (exact) mass is 200 g/mol. The maximum absolute atomic E-state index is 9.21. The van der Waals surface area contributed by atoms with E-state index in [-0.39, 0.29) is 12.2 Å². The van der Waals surface area contributed by atoms with Crippen molar-refractivity contribution in [2.24, 2.45) is 5.41 Å². The lowest BCUT2D eigenvalue weighted by atomic mass is 10.0. The summed E-state index contributed by atoms with van der Waals surface area (Å²) in [5.74, 6) is 0. The molecule has 2 nitrogen and oxygen atoms in total. The number of aliphatic hydroxyl groups is 1. The van der Waals surface area contributed by atoms with Crippen LogP contribution in [0.3, 0.4) is 0 Å². The zero-order valence-corrected chi connectivity index (χ0v) is 10.2. The number of hydrogen-bond acceptors (Lipinski definition) is 2. The maximum Gasteiger partial charge on any atom is 0.162 e. The molecule has 0 bridgehead atoms. The molecule has 0 spiro atoms. The van der Waals surface area contributed by atoms with Gasteiger partial charge in [-0.05, 0) is 11.5 Å². The Balaban J connectivity index is 2.11. The molecule has 1 aliphatic carbocycles. The smallest absolute Gasteiger partial charge is 0.162 e. The first kappa shape index (κ1) is 11.0. The third-order valence-corrected chi connectivity index (χ3v) is 4.57. The molecule has 1 N–H and O–H groups in total. The molecule has 0 radical (unpaired) electrons. The lowest BCUT2D eigenvalue weighted by Gasteiger charge is -2.19. The van der Waals surface area contributed by atoms with Crippen LogP contribution in [0.1, 0.15) is 27.2 Å². The highest BCUT2D eigenvalue weighted by atomic mass is 28.2. The van der Waals surface area contributed by atoms with E-state index in [0.29, 0.717) is 5.41 Å². The zero-order chi connectivity index (χ0) is 9.90. The predicted molar refractivity (Wildman–Crippen MR) is 57.4 cm³/mol. The second-order valence-electron chi connectivity index (χ2n) is 4.91. The van der Waals surface area contributed by atoms with E-state index < -0.39 is 9.76 Å². The molecular weight excluding hydrogens is 180 g/mol. The molecule has 0 aromatic heterocycles. The molecule has 0 saturated heterocycles. The molecule has 0 saturated carbocycles. The molecule has 2 atom stereocenters. The summed E-state index contributed by atoms with van der Waals surface area (Å²) in [7, 11) is -0.407. The van der Waals surface area contributed by atoms with Crippen LogP contribution in [-0.4, -0.2) is 27.1 Å². The summed E-state index contributed by atoms with van der Waals surface area (Å²) in [6, 6.07) is 1.20. The molecule has 0 aromatic carbocycles. The van der Waals surface area contributed by atoms with Crippen LogP contribution in [0.25, 0.3) is 0 Å². The highest BCUT2D eigenvalue weighted by Gasteiger charge is 2.18. The van der Waals surface area contributed by atoms with Gasteiger partial charge in [-0.1, -0.05) is 32.9 Å². The van der Waals surface area contributed by atoms with Crippen molar-refractivity contribution in [1.82, 2.24) is 0 Å². The Morgan fingerprint density at radius 2 is 2.15 bits per heavy atom. The van der Waals surface area contributed by atoms with Crippen LogP contribution in [0, 0.1) is 5.41 Å². The van der Waals surface area contributed by atoms with Crippen LogP contribution < -0.4 is 0 Å². The number of rotatable bonds is 3. The van der Waals surface area contributed by atoms with Gasteiger partial charge in [0.15, 0.2) is 9.76 Å². The van der Waals surface area contributed by atoms with Crippen LogP contribution in [0.5, 0.6) is 0 Å². The molecule has 2 unspecified atom stereocenters. The minimum Gasteiger partial charge on any atom is -0.418 e. The van der Waals surface area contributed by atoms with Crippen LogP contribution in [0.15, 0.2) is 12.2 Å². The van der Waals surface area contributed by atoms with Gasteiger partial charge in [0.05, 0.1) is 12.2 Å². The van der Waals surface area contributed by atoms with E-state index in [0.717, 1.165) is 6.42 Å². The SMILES string of the molecule is CC(C)(C)C[SiH2]OC1C=CC(O)C1. The van der Waals surface area contributed by atoms with Crippen LogP contribution in [0.4, 0.5) is 0 Å². The van der Waals surface area contributed by atoms with Crippen LogP contribution >= 0.6 is 0 Å². The van der Waals surface area contributed by atoms with Gasteiger partial charge in [0.2, 0.25) is 0 Å². The minimum absolute atomic E-state index is 0.198. The molecule has 3 heteroatoms. The normalized spacial score (nSPS) is 29.2. The average Bonchev–Trinajstić information content (AvgIpc) is 2.33. The molecule has 1 aliphatic rings. The van der Waals surface area contributed by atoms with Crippen molar-refractivity contribution in [2.45, 2.75) is 45.4 Å². The molecule has 0 fully saturated rings. The van der Waals surface area contributed by atoms with Gasteiger partial charge in [-0.2, -0.15) is 0 Å². The molecular formula is C10H20O2Si. The topological polar surface area (TPSA) is 29.5 Å². The van der Waals surface area contributed by atoms with Gasteiger partial charge >= 0.3 is 0 Å². The molecule has 0 aliphatic heterocycles. The summed E-state index contributed by atoms with van der Waals surface area (Å²) in [6.07, 6.45) is 4.51. The van der Waals surface area contributed by atoms with Gasteiger partial charge in [0.1, 0.15) is 0 Å². The van der Waals surface area contributed by atoms with E-state index in [4.69, 9.17) is 4.43 Å². The highest BCUT2D eigenvalue weighted by molar-refractivity contribution is 6.27. The standard InChI is InChI=1S/C10H20O2Si/c1-10(2,3)7-13-12-9-5-4-8(11)6-9/h4-5,8-9,11H,6-7,13H2,1-3H3. The van der Waals surface area contributed by atoms with Crippen molar-refractivity contribution in [3.05, 3.63) is 12.2 Å². The Labute approximate surface area is 82.9 Å². The first-order valence-electron chi connectivity index (χ1n) is 4.95. The van der Waals surface area contributed by atoms with Crippen LogP contribution in [-0.2, 0) is 4.43 Å². The second-order valence-corrected chi connectivity index (χ2v) is 6.15. The summed E-state index contributed by atoms with van der Waals surface area (Å²) in [4.78, 5) is 0. The summed E-state index contributed by atoms with van der Waals surface area (Å²) in [5, 5.41) is 9.21. The Bertz CT molecular complexity index is 184. The maximum atomic E-state index is 9.21. The molecule has 13 heavy (non-hydrogen) atoms. The van der Waals surface area contributed by atoms with E-state index in [2.05, 4.69) is 20.8 Å². The van der Waals surface area contributed by atoms with Gasteiger partial charge in [-0.3, -0.25) is 0 Å². The van der Waals surface area contributed by atoms with E-state index in [9.17, 15) is 5.11 Å². The minimum atomic E-state index is -0.407. The van der Waals surface area contributed by atoms with Crippen molar-refractivity contribution in [3.63, 3.8) is 0 Å². The van der Waals surface area contributed by atoms with E-state index in [1.807, 2.05) is 12.2 Å². The highest BCUT2D eigenvalue weighted by Crippen LogP contribution is 2.20.